The van der Waals surface area contributed by atoms with Gasteiger partial charge in [-0.1, -0.05) is 18.5 Å². The molecule has 1 aromatic rings. The molecule has 0 fully saturated rings. The van der Waals surface area contributed by atoms with Crippen LogP contribution in [-0.2, 0) is 4.79 Å². The van der Waals surface area contributed by atoms with Gasteiger partial charge < -0.3 is 10.6 Å². The molecule has 2 rings (SSSR count). The molecule has 1 aromatic carbocycles. The maximum atomic E-state index is 11.6. The quantitative estimate of drug-likeness (QED) is 0.770. The number of hydrogen-bond acceptors (Lipinski definition) is 2. The summed E-state index contributed by atoms with van der Waals surface area (Å²) in [5, 5.41) is 6.79. The van der Waals surface area contributed by atoms with E-state index in [1.165, 1.54) is 0 Å². The van der Waals surface area contributed by atoms with Crippen LogP contribution in [0.4, 0.5) is 11.4 Å². The van der Waals surface area contributed by atoms with E-state index in [1.807, 2.05) is 19.9 Å². The minimum Gasteiger partial charge on any atom is -0.372 e. The van der Waals surface area contributed by atoms with Crippen molar-refractivity contribution in [3.05, 3.63) is 22.7 Å². The average molecular weight is 225 g/mol. The van der Waals surface area contributed by atoms with Crippen LogP contribution in [0.2, 0.25) is 5.02 Å². The highest BCUT2D eigenvalue weighted by Crippen LogP contribution is 2.34. The number of anilines is 2. The molecule has 0 saturated heterocycles. The number of fused-ring (bicyclic) bond motifs is 1. The molecule has 0 radical (unpaired) electrons. The van der Waals surface area contributed by atoms with E-state index in [4.69, 9.17) is 11.6 Å². The monoisotopic (exact) mass is 224 g/mol. The van der Waals surface area contributed by atoms with Gasteiger partial charge in [0.2, 0.25) is 5.91 Å². The van der Waals surface area contributed by atoms with Crippen LogP contribution in [0, 0.1) is 6.92 Å². The van der Waals surface area contributed by atoms with Crippen LogP contribution in [0.15, 0.2) is 12.1 Å². The Morgan fingerprint density at radius 2 is 2.20 bits per heavy atom. The molecule has 3 nitrogen and oxygen atoms in total. The van der Waals surface area contributed by atoms with Crippen molar-refractivity contribution in [1.82, 2.24) is 0 Å². The Hall–Kier alpha value is -1.22. The number of carbonyl (C=O) groups is 1. The van der Waals surface area contributed by atoms with E-state index in [1.54, 1.807) is 6.07 Å². The Bertz CT molecular complexity index is 417. The number of amides is 1. The second-order valence-corrected chi connectivity index (χ2v) is 4.10. The minimum absolute atomic E-state index is 0.0201. The van der Waals surface area contributed by atoms with E-state index in [-0.39, 0.29) is 11.9 Å². The second kappa shape index (κ2) is 3.74. The lowest BCUT2D eigenvalue weighted by molar-refractivity contribution is -0.117. The van der Waals surface area contributed by atoms with Crippen molar-refractivity contribution in [3.8, 4) is 0 Å². The van der Waals surface area contributed by atoms with Gasteiger partial charge in [-0.05, 0) is 31.0 Å². The van der Waals surface area contributed by atoms with Gasteiger partial charge in [0.15, 0.2) is 0 Å². The number of rotatable bonds is 1. The van der Waals surface area contributed by atoms with Crippen LogP contribution < -0.4 is 10.6 Å². The Morgan fingerprint density at radius 3 is 2.87 bits per heavy atom. The fraction of sp³-hybridized carbons (Fsp3) is 0.364. The molecule has 0 aromatic heterocycles. The van der Waals surface area contributed by atoms with Gasteiger partial charge in [0.25, 0.3) is 0 Å². The molecule has 0 saturated carbocycles. The summed E-state index contributed by atoms with van der Waals surface area (Å²) in [6, 6.07) is 3.46. The van der Waals surface area contributed by atoms with E-state index in [0.717, 1.165) is 23.4 Å². The third kappa shape index (κ3) is 1.67. The van der Waals surface area contributed by atoms with Gasteiger partial charge in [-0.15, -0.1) is 0 Å². The molecule has 1 atom stereocenters. The van der Waals surface area contributed by atoms with Crippen LogP contribution in [-0.4, -0.2) is 11.9 Å². The summed E-state index contributed by atoms with van der Waals surface area (Å²) in [5.74, 6) is 0.0201. The zero-order valence-corrected chi connectivity index (χ0v) is 9.48. The predicted octanol–water partition coefficient (Wildman–Crippen LogP) is 2.79. The molecule has 15 heavy (non-hydrogen) atoms. The predicted molar refractivity (Wildman–Crippen MR) is 62.5 cm³/mol. The number of halogens is 1. The summed E-state index contributed by atoms with van der Waals surface area (Å²) in [7, 11) is 0. The largest absolute Gasteiger partial charge is 0.372 e. The molecule has 80 valence electrons. The lowest BCUT2D eigenvalue weighted by Gasteiger charge is -2.27. The average Bonchev–Trinajstić information content (AvgIpc) is 2.23. The molecule has 1 unspecified atom stereocenters. The molecule has 0 aliphatic carbocycles. The zero-order valence-electron chi connectivity index (χ0n) is 8.73. The fourth-order valence-electron chi connectivity index (χ4n) is 1.72. The van der Waals surface area contributed by atoms with Gasteiger partial charge in [-0.3, -0.25) is 4.79 Å². The first-order chi connectivity index (χ1) is 7.13. The van der Waals surface area contributed by atoms with Gasteiger partial charge in [0.1, 0.15) is 6.04 Å². The van der Waals surface area contributed by atoms with Crippen molar-refractivity contribution in [3.63, 3.8) is 0 Å². The van der Waals surface area contributed by atoms with Gasteiger partial charge >= 0.3 is 0 Å². The first-order valence-electron chi connectivity index (χ1n) is 5.00. The van der Waals surface area contributed by atoms with E-state index in [0.29, 0.717) is 5.02 Å². The third-order valence-electron chi connectivity index (χ3n) is 2.70. The Balaban J connectivity index is 2.46. The Kier molecular flexibility index (Phi) is 2.57. The van der Waals surface area contributed by atoms with Crippen LogP contribution in [0.25, 0.3) is 0 Å². The summed E-state index contributed by atoms with van der Waals surface area (Å²) in [5.41, 5.74) is 2.73. The number of benzene rings is 1. The molecule has 4 heteroatoms. The molecule has 0 bridgehead atoms. The molecule has 0 spiro atoms. The molecular weight excluding hydrogens is 212 g/mol. The Labute approximate surface area is 93.8 Å². The van der Waals surface area contributed by atoms with E-state index >= 15 is 0 Å². The van der Waals surface area contributed by atoms with Gasteiger partial charge in [-0.25, -0.2) is 0 Å². The van der Waals surface area contributed by atoms with Crippen molar-refractivity contribution in [1.29, 1.82) is 0 Å². The first kappa shape index (κ1) is 10.3. The fourth-order valence-corrected chi connectivity index (χ4v) is 1.88. The number of carbonyl (C=O) groups excluding carboxylic acids is 1. The van der Waals surface area contributed by atoms with E-state index < -0.39 is 0 Å². The maximum Gasteiger partial charge on any atom is 0.246 e. The molecule has 2 N–H and O–H groups in total. The molecular formula is C11H13ClN2O. The van der Waals surface area contributed by atoms with Crippen LogP contribution in [0.5, 0.6) is 0 Å². The molecule has 1 heterocycles. The highest BCUT2D eigenvalue weighted by atomic mass is 35.5. The zero-order chi connectivity index (χ0) is 11.0. The SMILES string of the molecule is CCC1Nc2c(ccc(Cl)c2C)NC1=O. The standard InChI is InChI=1S/C11H13ClN2O/c1-3-8-11(15)14-9-5-4-7(12)6(2)10(9)13-8/h4-5,8,13H,3H2,1-2H3,(H,14,15). The van der Waals surface area contributed by atoms with Crippen LogP contribution >= 0.6 is 11.6 Å². The number of nitrogens with one attached hydrogen (secondary N) is 2. The van der Waals surface area contributed by atoms with Gasteiger partial charge in [-0.2, -0.15) is 0 Å². The first-order valence-corrected chi connectivity index (χ1v) is 5.37. The van der Waals surface area contributed by atoms with Crippen molar-refractivity contribution < 1.29 is 4.79 Å². The summed E-state index contributed by atoms with van der Waals surface area (Å²) >= 11 is 6.02. The lowest BCUT2D eigenvalue weighted by Crippen LogP contribution is -2.38. The smallest absolute Gasteiger partial charge is 0.246 e. The summed E-state index contributed by atoms with van der Waals surface area (Å²) in [6.07, 6.45) is 0.761. The van der Waals surface area contributed by atoms with Gasteiger partial charge in [0, 0.05) is 5.02 Å². The summed E-state index contributed by atoms with van der Waals surface area (Å²) < 4.78 is 0. The minimum atomic E-state index is -0.158. The maximum absolute atomic E-state index is 11.6. The molecule has 1 amide bonds. The summed E-state index contributed by atoms with van der Waals surface area (Å²) in [4.78, 5) is 11.6. The second-order valence-electron chi connectivity index (χ2n) is 3.69. The summed E-state index contributed by atoms with van der Waals surface area (Å²) in [6.45, 7) is 3.92. The normalized spacial score (nSPS) is 19.1. The number of hydrogen-bond donors (Lipinski definition) is 2. The van der Waals surface area contributed by atoms with Crippen molar-refractivity contribution in [2.24, 2.45) is 0 Å². The molecule has 1 aliphatic heterocycles. The lowest BCUT2D eigenvalue weighted by atomic mass is 10.1. The molecule has 1 aliphatic rings. The highest BCUT2D eigenvalue weighted by molar-refractivity contribution is 6.32. The topological polar surface area (TPSA) is 41.1 Å². The van der Waals surface area contributed by atoms with Crippen LogP contribution in [0.3, 0.4) is 0 Å². The van der Waals surface area contributed by atoms with Crippen molar-refractivity contribution in [2.45, 2.75) is 26.3 Å². The Morgan fingerprint density at radius 1 is 1.47 bits per heavy atom. The van der Waals surface area contributed by atoms with Crippen LogP contribution in [0.1, 0.15) is 18.9 Å². The third-order valence-corrected chi connectivity index (χ3v) is 3.11. The van der Waals surface area contributed by atoms with Gasteiger partial charge in [0.05, 0.1) is 11.4 Å². The van der Waals surface area contributed by atoms with E-state index in [9.17, 15) is 4.79 Å². The van der Waals surface area contributed by atoms with E-state index in [2.05, 4.69) is 10.6 Å². The van der Waals surface area contributed by atoms with Crippen molar-refractivity contribution >= 4 is 28.9 Å². The highest BCUT2D eigenvalue weighted by Gasteiger charge is 2.25. The van der Waals surface area contributed by atoms with Crippen molar-refractivity contribution in [2.75, 3.05) is 10.6 Å².